The molecule has 3 heteroatoms. The molecule has 1 aromatic carbocycles. The highest BCUT2D eigenvalue weighted by molar-refractivity contribution is 5.62. The van der Waals surface area contributed by atoms with Gasteiger partial charge < -0.3 is 10.3 Å². The number of H-pyrrole nitrogens is 1. The zero-order chi connectivity index (χ0) is 13.1. The summed E-state index contributed by atoms with van der Waals surface area (Å²) in [6.07, 6.45) is 9.12. The van der Waals surface area contributed by atoms with E-state index in [2.05, 4.69) is 46.5 Å². The molecule has 0 spiro atoms. The van der Waals surface area contributed by atoms with E-state index in [0.717, 1.165) is 11.6 Å². The van der Waals surface area contributed by atoms with E-state index in [0.29, 0.717) is 6.04 Å². The third kappa shape index (κ3) is 2.98. The molecule has 1 atom stereocenters. The molecule has 1 unspecified atom stereocenters. The van der Waals surface area contributed by atoms with Crippen LogP contribution in [0.15, 0.2) is 36.8 Å². The van der Waals surface area contributed by atoms with Gasteiger partial charge in [-0.1, -0.05) is 31.4 Å². The molecule has 1 saturated carbocycles. The first kappa shape index (κ1) is 12.3. The van der Waals surface area contributed by atoms with E-state index >= 15 is 0 Å². The molecule has 0 amide bonds. The lowest BCUT2D eigenvalue weighted by atomic mass is 9.81. The van der Waals surface area contributed by atoms with E-state index in [-0.39, 0.29) is 0 Å². The molecule has 1 aliphatic carbocycles. The fourth-order valence-corrected chi connectivity index (χ4v) is 2.73. The van der Waals surface area contributed by atoms with Crippen molar-refractivity contribution in [3.8, 4) is 11.3 Å². The molecule has 2 aromatic rings. The molecule has 100 valence electrons. The fraction of sp³-hybridized carbons (Fsp3) is 0.438. The fourth-order valence-electron chi connectivity index (χ4n) is 2.73. The van der Waals surface area contributed by atoms with Gasteiger partial charge in [0.25, 0.3) is 0 Å². The van der Waals surface area contributed by atoms with Crippen molar-refractivity contribution in [2.75, 3.05) is 5.32 Å². The molecule has 1 aliphatic rings. The van der Waals surface area contributed by atoms with Gasteiger partial charge in [0.05, 0.1) is 18.2 Å². The van der Waals surface area contributed by atoms with E-state index in [1.807, 2.05) is 6.20 Å². The Morgan fingerprint density at radius 2 is 2.11 bits per heavy atom. The van der Waals surface area contributed by atoms with Crippen molar-refractivity contribution in [1.29, 1.82) is 0 Å². The lowest BCUT2D eigenvalue weighted by Gasteiger charge is -2.28. The highest BCUT2D eigenvalue weighted by atomic mass is 14.9. The Labute approximate surface area is 114 Å². The number of rotatable bonds is 5. The SMILES string of the molecule is CC(CC1CCC1)Nc1ccc(-c2cnc[nH]2)cc1. The molecule has 1 fully saturated rings. The summed E-state index contributed by atoms with van der Waals surface area (Å²) in [5.41, 5.74) is 3.44. The van der Waals surface area contributed by atoms with Gasteiger partial charge in [0.2, 0.25) is 0 Å². The van der Waals surface area contributed by atoms with E-state index in [1.54, 1.807) is 6.33 Å². The summed E-state index contributed by atoms with van der Waals surface area (Å²) in [6.45, 7) is 2.28. The number of nitrogens with one attached hydrogen (secondary N) is 2. The standard InChI is InChI=1S/C16H21N3/c1-12(9-13-3-2-4-13)19-15-7-5-14(6-8-15)16-10-17-11-18-16/h5-8,10-13,19H,2-4,9H2,1H3,(H,17,18). The topological polar surface area (TPSA) is 40.7 Å². The quantitative estimate of drug-likeness (QED) is 0.845. The second-order valence-corrected chi connectivity index (χ2v) is 5.62. The van der Waals surface area contributed by atoms with Crippen LogP contribution in [0.25, 0.3) is 11.3 Å². The second-order valence-electron chi connectivity index (χ2n) is 5.62. The smallest absolute Gasteiger partial charge is 0.0924 e. The van der Waals surface area contributed by atoms with Crippen LogP contribution in [-0.4, -0.2) is 16.0 Å². The Morgan fingerprint density at radius 3 is 2.68 bits per heavy atom. The van der Waals surface area contributed by atoms with E-state index in [1.165, 1.54) is 36.9 Å². The maximum Gasteiger partial charge on any atom is 0.0924 e. The Bertz CT molecular complexity index is 497. The first-order valence-electron chi connectivity index (χ1n) is 7.16. The van der Waals surface area contributed by atoms with Gasteiger partial charge in [-0.3, -0.25) is 0 Å². The minimum absolute atomic E-state index is 0.559. The van der Waals surface area contributed by atoms with Crippen molar-refractivity contribution in [2.45, 2.75) is 38.6 Å². The molecule has 3 rings (SSSR count). The van der Waals surface area contributed by atoms with Crippen LogP contribution in [-0.2, 0) is 0 Å². The van der Waals surface area contributed by atoms with Gasteiger partial charge in [-0.25, -0.2) is 4.98 Å². The zero-order valence-electron chi connectivity index (χ0n) is 11.4. The minimum Gasteiger partial charge on any atom is -0.383 e. The van der Waals surface area contributed by atoms with Crippen LogP contribution in [0.2, 0.25) is 0 Å². The molecular formula is C16H21N3. The first-order chi connectivity index (χ1) is 9.31. The third-order valence-corrected chi connectivity index (χ3v) is 4.02. The van der Waals surface area contributed by atoms with E-state index < -0.39 is 0 Å². The molecule has 0 radical (unpaired) electrons. The van der Waals surface area contributed by atoms with Gasteiger partial charge in [-0.15, -0.1) is 0 Å². The summed E-state index contributed by atoms with van der Waals surface area (Å²) in [5.74, 6) is 0.951. The van der Waals surface area contributed by atoms with Gasteiger partial charge >= 0.3 is 0 Å². The van der Waals surface area contributed by atoms with Gasteiger partial charge in [0.15, 0.2) is 0 Å². The molecule has 3 nitrogen and oxygen atoms in total. The summed E-state index contributed by atoms with van der Waals surface area (Å²) in [5, 5.41) is 3.59. The molecule has 1 aromatic heterocycles. The number of nitrogens with zero attached hydrogens (tertiary/aromatic N) is 1. The monoisotopic (exact) mass is 255 g/mol. The van der Waals surface area contributed by atoms with Crippen LogP contribution < -0.4 is 5.32 Å². The highest BCUT2D eigenvalue weighted by Crippen LogP contribution is 2.31. The lowest BCUT2D eigenvalue weighted by molar-refractivity contribution is 0.286. The van der Waals surface area contributed by atoms with Gasteiger partial charge in [-0.05, 0) is 37.0 Å². The first-order valence-corrected chi connectivity index (χ1v) is 7.16. The normalized spacial score (nSPS) is 16.9. The summed E-state index contributed by atoms with van der Waals surface area (Å²) in [7, 11) is 0. The Balaban J connectivity index is 1.59. The summed E-state index contributed by atoms with van der Waals surface area (Å²) in [6, 6.07) is 9.11. The second kappa shape index (κ2) is 5.47. The summed E-state index contributed by atoms with van der Waals surface area (Å²) in [4.78, 5) is 7.17. The van der Waals surface area contributed by atoms with Crippen molar-refractivity contribution in [3.63, 3.8) is 0 Å². The largest absolute Gasteiger partial charge is 0.383 e. The zero-order valence-corrected chi connectivity index (χ0v) is 11.4. The number of imidazole rings is 1. The Hall–Kier alpha value is -1.77. The van der Waals surface area contributed by atoms with Crippen molar-refractivity contribution in [2.24, 2.45) is 5.92 Å². The van der Waals surface area contributed by atoms with Crippen molar-refractivity contribution < 1.29 is 0 Å². The molecule has 2 N–H and O–H groups in total. The number of benzene rings is 1. The predicted octanol–water partition coefficient (Wildman–Crippen LogP) is 4.07. The Morgan fingerprint density at radius 1 is 1.32 bits per heavy atom. The van der Waals surface area contributed by atoms with Crippen LogP contribution in [0.3, 0.4) is 0 Å². The highest BCUT2D eigenvalue weighted by Gasteiger charge is 2.19. The van der Waals surface area contributed by atoms with Gasteiger partial charge in [0, 0.05) is 11.7 Å². The molecule has 19 heavy (non-hydrogen) atoms. The number of aromatic nitrogens is 2. The summed E-state index contributed by atoms with van der Waals surface area (Å²) < 4.78 is 0. The summed E-state index contributed by atoms with van der Waals surface area (Å²) >= 11 is 0. The third-order valence-electron chi connectivity index (χ3n) is 4.02. The van der Waals surface area contributed by atoms with Gasteiger partial charge in [0.1, 0.15) is 0 Å². The maximum atomic E-state index is 4.05. The number of hydrogen-bond donors (Lipinski definition) is 2. The lowest BCUT2D eigenvalue weighted by Crippen LogP contribution is -2.23. The van der Waals surface area contributed by atoms with Crippen molar-refractivity contribution >= 4 is 5.69 Å². The van der Waals surface area contributed by atoms with E-state index in [4.69, 9.17) is 0 Å². The number of aromatic amines is 1. The van der Waals surface area contributed by atoms with Crippen LogP contribution >= 0.6 is 0 Å². The van der Waals surface area contributed by atoms with Crippen LogP contribution in [0.5, 0.6) is 0 Å². The number of hydrogen-bond acceptors (Lipinski definition) is 2. The van der Waals surface area contributed by atoms with Crippen LogP contribution in [0.1, 0.15) is 32.6 Å². The van der Waals surface area contributed by atoms with Gasteiger partial charge in [-0.2, -0.15) is 0 Å². The molecule has 0 saturated heterocycles. The van der Waals surface area contributed by atoms with Crippen molar-refractivity contribution in [3.05, 3.63) is 36.8 Å². The number of anilines is 1. The van der Waals surface area contributed by atoms with Crippen LogP contribution in [0.4, 0.5) is 5.69 Å². The van der Waals surface area contributed by atoms with Crippen LogP contribution in [0, 0.1) is 5.92 Å². The predicted molar refractivity (Wildman–Crippen MR) is 79.1 cm³/mol. The van der Waals surface area contributed by atoms with E-state index in [9.17, 15) is 0 Å². The molecule has 1 heterocycles. The molecule has 0 bridgehead atoms. The average Bonchev–Trinajstić information content (AvgIpc) is 2.89. The average molecular weight is 255 g/mol. The maximum absolute atomic E-state index is 4.05. The molecule has 0 aliphatic heterocycles. The van der Waals surface area contributed by atoms with Crippen molar-refractivity contribution in [1.82, 2.24) is 9.97 Å². The Kier molecular flexibility index (Phi) is 3.53. The minimum atomic E-state index is 0.559. The molecular weight excluding hydrogens is 234 g/mol.